The Bertz CT molecular complexity index is 550. The van der Waals surface area contributed by atoms with Crippen LogP contribution in [-0.4, -0.2) is 49.8 Å². The van der Waals surface area contributed by atoms with Crippen molar-refractivity contribution in [3.63, 3.8) is 0 Å². The Morgan fingerprint density at radius 3 is 2.36 bits per heavy atom. The number of esters is 1. The number of methoxy groups -OCH3 is 1. The van der Waals surface area contributed by atoms with E-state index in [2.05, 4.69) is 31.1 Å². The van der Waals surface area contributed by atoms with Crippen LogP contribution in [0.15, 0.2) is 0 Å². The minimum atomic E-state index is -1.46. The van der Waals surface area contributed by atoms with Gasteiger partial charge in [-0.1, -0.05) is 19.6 Å². The lowest BCUT2D eigenvalue weighted by Crippen LogP contribution is -2.60. The Labute approximate surface area is 153 Å². The second-order valence-corrected chi connectivity index (χ2v) is 13.4. The van der Waals surface area contributed by atoms with Gasteiger partial charge in [0.15, 0.2) is 0 Å². The highest BCUT2D eigenvalue weighted by Gasteiger charge is 2.49. The van der Waals surface area contributed by atoms with Crippen molar-refractivity contribution in [1.29, 1.82) is 0 Å². The number of carbonyl (C=O) groups is 2. The third kappa shape index (κ3) is 6.39. The van der Waals surface area contributed by atoms with E-state index in [-0.39, 0.29) is 5.97 Å². The zero-order valence-electron chi connectivity index (χ0n) is 16.8. The molecule has 1 aliphatic heterocycles. The van der Waals surface area contributed by atoms with E-state index in [0.29, 0.717) is 25.8 Å². The molecule has 0 bridgehead atoms. The molecular formula is C19H33NO4Si. The average Bonchev–Trinajstić information content (AvgIpc) is 2.48. The van der Waals surface area contributed by atoms with Crippen LogP contribution in [0.25, 0.3) is 0 Å². The summed E-state index contributed by atoms with van der Waals surface area (Å²) in [5.74, 6) is 2.84. The fourth-order valence-electron chi connectivity index (χ4n) is 2.98. The van der Waals surface area contributed by atoms with Crippen molar-refractivity contribution in [2.45, 2.75) is 83.7 Å². The van der Waals surface area contributed by atoms with Crippen LogP contribution in [-0.2, 0) is 14.3 Å². The average molecular weight is 368 g/mol. The fraction of sp³-hybridized carbons (Fsp3) is 0.789. The Morgan fingerprint density at radius 1 is 1.20 bits per heavy atom. The van der Waals surface area contributed by atoms with Gasteiger partial charge in [0.25, 0.3) is 0 Å². The van der Waals surface area contributed by atoms with Crippen LogP contribution in [0.1, 0.15) is 52.9 Å². The second kappa shape index (κ2) is 8.26. The van der Waals surface area contributed by atoms with Gasteiger partial charge in [-0.05, 0) is 46.5 Å². The van der Waals surface area contributed by atoms with Crippen LogP contribution >= 0.6 is 0 Å². The molecular weight excluding hydrogens is 334 g/mol. The van der Waals surface area contributed by atoms with Crippen molar-refractivity contribution in [2.24, 2.45) is 0 Å². The number of hydrogen-bond donors (Lipinski definition) is 0. The molecule has 0 spiro atoms. The third-order valence-electron chi connectivity index (χ3n) is 4.04. The van der Waals surface area contributed by atoms with Crippen LogP contribution in [0.3, 0.4) is 0 Å². The molecule has 1 fully saturated rings. The van der Waals surface area contributed by atoms with Crippen molar-refractivity contribution in [2.75, 3.05) is 13.7 Å². The van der Waals surface area contributed by atoms with Gasteiger partial charge in [0, 0.05) is 13.0 Å². The number of ether oxygens (including phenoxy) is 2. The minimum absolute atomic E-state index is 0.368. The molecule has 1 atom stereocenters. The Morgan fingerprint density at radius 2 is 1.84 bits per heavy atom. The third-order valence-corrected chi connectivity index (χ3v) is 4.97. The van der Waals surface area contributed by atoms with Crippen molar-refractivity contribution < 1.29 is 19.1 Å². The lowest BCUT2D eigenvalue weighted by molar-refractivity contribution is -0.158. The number of amides is 1. The van der Waals surface area contributed by atoms with E-state index in [0.717, 1.165) is 12.8 Å². The Kier molecular flexibility index (Phi) is 7.13. The number of nitrogens with zero attached hydrogens (tertiary/aromatic N) is 1. The van der Waals surface area contributed by atoms with Gasteiger partial charge in [0.05, 0.1) is 7.11 Å². The highest BCUT2D eigenvalue weighted by Crippen LogP contribution is 2.35. The molecule has 1 aliphatic rings. The van der Waals surface area contributed by atoms with Crippen LogP contribution < -0.4 is 0 Å². The van der Waals surface area contributed by atoms with Gasteiger partial charge >= 0.3 is 12.1 Å². The first kappa shape index (κ1) is 21.6. The van der Waals surface area contributed by atoms with Crippen LogP contribution in [0.5, 0.6) is 0 Å². The first-order valence-electron chi connectivity index (χ1n) is 9.00. The highest BCUT2D eigenvalue weighted by molar-refractivity contribution is 6.83. The summed E-state index contributed by atoms with van der Waals surface area (Å²) in [6.07, 6.45) is 2.94. The SMILES string of the molecule is COC(=O)C1(CCC#C[Si](C)(C)C)CCCCN1C(=O)OC(C)(C)C. The lowest BCUT2D eigenvalue weighted by atomic mass is 9.83. The summed E-state index contributed by atoms with van der Waals surface area (Å²) < 4.78 is 10.6. The summed E-state index contributed by atoms with van der Waals surface area (Å²) in [6.45, 7) is 12.5. The number of piperidine rings is 1. The van der Waals surface area contributed by atoms with E-state index in [1.165, 1.54) is 7.11 Å². The lowest BCUT2D eigenvalue weighted by Gasteiger charge is -2.44. The van der Waals surface area contributed by atoms with Crippen molar-refractivity contribution in [3.05, 3.63) is 0 Å². The molecule has 0 aromatic heterocycles. The number of hydrogen-bond acceptors (Lipinski definition) is 4. The molecule has 1 rings (SSSR count). The smallest absolute Gasteiger partial charge is 0.411 e. The number of carbonyl (C=O) groups excluding carboxylic acids is 2. The van der Waals surface area contributed by atoms with Crippen molar-refractivity contribution >= 4 is 20.1 Å². The predicted molar refractivity (Wildman–Crippen MR) is 102 cm³/mol. The molecule has 0 saturated carbocycles. The normalized spacial score (nSPS) is 21.2. The van der Waals surface area contributed by atoms with Gasteiger partial charge in [-0.2, -0.15) is 0 Å². The van der Waals surface area contributed by atoms with Crippen LogP contribution in [0, 0.1) is 11.5 Å². The molecule has 1 heterocycles. The zero-order valence-corrected chi connectivity index (χ0v) is 17.8. The maximum absolute atomic E-state index is 12.7. The molecule has 0 aromatic carbocycles. The van der Waals surface area contributed by atoms with Gasteiger partial charge in [0.2, 0.25) is 0 Å². The largest absolute Gasteiger partial charge is 0.467 e. The fourth-order valence-corrected chi connectivity index (χ4v) is 3.64. The standard InChI is InChI=1S/C19H33NO4Si/c1-18(2,3)24-17(22)20-14-10-8-12-19(20,16(21)23-4)13-9-11-15-25(5,6)7/h8-10,12-14H2,1-7H3. The summed E-state index contributed by atoms with van der Waals surface area (Å²) in [5.41, 5.74) is 1.75. The first-order valence-corrected chi connectivity index (χ1v) is 12.5. The Hall–Kier alpha value is -1.48. The molecule has 1 amide bonds. The van der Waals surface area contributed by atoms with Crippen LogP contribution in [0.2, 0.25) is 19.6 Å². The van der Waals surface area contributed by atoms with Crippen LogP contribution in [0.4, 0.5) is 4.79 Å². The summed E-state index contributed by atoms with van der Waals surface area (Å²) in [7, 11) is -0.0821. The minimum Gasteiger partial charge on any atom is -0.467 e. The molecule has 0 N–H and O–H groups in total. The van der Waals surface area contributed by atoms with Gasteiger partial charge in [0.1, 0.15) is 19.2 Å². The van der Waals surface area contributed by atoms with E-state index in [4.69, 9.17) is 9.47 Å². The van der Waals surface area contributed by atoms with Crippen molar-refractivity contribution in [1.82, 2.24) is 4.90 Å². The first-order chi connectivity index (χ1) is 11.4. The molecule has 142 valence electrons. The van der Waals surface area contributed by atoms with E-state index >= 15 is 0 Å². The predicted octanol–water partition coefficient (Wildman–Crippen LogP) is 3.98. The molecule has 0 aliphatic carbocycles. The highest BCUT2D eigenvalue weighted by atomic mass is 28.3. The maximum Gasteiger partial charge on any atom is 0.411 e. The van der Waals surface area contributed by atoms with Gasteiger partial charge in [-0.25, -0.2) is 9.59 Å². The maximum atomic E-state index is 12.7. The molecule has 25 heavy (non-hydrogen) atoms. The summed E-state index contributed by atoms with van der Waals surface area (Å²) in [5, 5.41) is 0. The molecule has 6 heteroatoms. The molecule has 1 saturated heterocycles. The summed E-state index contributed by atoms with van der Waals surface area (Å²) >= 11 is 0. The quantitative estimate of drug-likeness (QED) is 0.430. The molecule has 1 unspecified atom stereocenters. The van der Waals surface area contributed by atoms with E-state index in [1.807, 2.05) is 20.8 Å². The zero-order chi connectivity index (χ0) is 19.3. The van der Waals surface area contributed by atoms with Gasteiger partial charge in [-0.15, -0.1) is 11.5 Å². The topological polar surface area (TPSA) is 55.8 Å². The van der Waals surface area contributed by atoms with E-state index in [9.17, 15) is 9.59 Å². The summed E-state index contributed by atoms with van der Waals surface area (Å²) in [4.78, 5) is 26.9. The molecule has 5 nitrogen and oxygen atoms in total. The molecule has 0 aromatic rings. The van der Waals surface area contributed by atoms with E-state index < -0.39 is 25.3 Å². The Balaban J connectivity index is 3.06. The van der Waals surface area contributed by atoms with Gasteiger partial charge in [-0.3, -0.25) is 4.90 Å². The van der Waals surface area contributed by atoms with Crippen molar-refractivity contribution in [3.8, 4) is 11.5 Å². The van der Waals surface area contributed by atoms with E-state index in [1.54, 1.807) is 4.90 Å². The second-order valence-electron chi connectivity index (χ2n) is 8.66. The molecule has 0 radical (unpaired) electrons. The summed E-state index contributed by atoms with van der Waals surface area (Å²) in [6, 6.07) is 0. The van der Waals surface area contributed by atoms with Gasteiger partial charge < -0.3 is 9.47 Å². The number of likely N-dealkylation sites (tertiary alicyclic amines) is 1. The number of rotatable bonds is 3. The monoisotopic (exact) mass is 367 g/mol.